The van der Waals surface area contributed by atoms with Gasteiger partial charge in [-0.05, 0) is 31.4 Å². The number of hydrogen-bond acceptors (Lipinski definition) is 8. The molecule has 0 saturated carbocycles. The maximum atomic E-state index is 6.23. The maximum Gasteiger partial charge on any atom is 0.224 e. The Hall–Kier alpha value is -2.52. The average molecular weight is 374 g/mol. The number of nitrogens with two attached hydrogens (primary N) is 2. The summed E-state index contributed by atoms with van der Waals surface area (Å²) in [5, 5.41) is 8.98. The van der Waals surface area contributed by atoms with Crippen LogP contribution in [0.4, 0.5) is 11.8 Å². The van der Waals surface area contributed by atoms with Crippen LogP contribution in [0.1, 0.15) is 25.3 Å². The molecule has 136 valence electrons. The van der Waals surface area contributed by atoms with Crippen LogP contribution in [0.15, 0.2) is 18.3 Å². The Morgan fingerprint density at radius 3 is 2.69 bits per heavy atom. The predicted octanol–water partition coefficient (Wildman–Crippen LogP) is 1.22. The summed E-state index contributed by atoms with van der Waals surface area (Å²) in [6.45, 7) is 4.14. The molecule has 1 aliphatic rings. The largest absolute Gasteiger partial charge is 0.368 e. The highest BCUT2D eigenvalue weighted by Crippen LogP contribution is 2.28. The van der Waals surface area contributed by atoms with Crippen molar-refractivity contribution in [3.8, 4) is 0 Å². The molecule has 9 nitrogen and oxygen atoms in total. The molecule has 1 fully saturated rings. The molecular formula is C16H20ClN9. The first-order chi connectivity index (χ1) is 12.4. The molecule has 4 rings (SSSR count). The molecule has 0 atom stereocenters. The molecule has 0 unspecified atom stereocenters. The van der Waals surface area contributed by atoms with Crippen molar-refractivity contribution in [2.45, 2.75) is 31.8 Å². The van der Waals surface area contributed by atoms with E-state index in [2.05, 4.69) is 37.1 Å². The van der Waals surface area contributed by atoms with Gasteiger partial charge in [0.1, 0.15) is 5.15 Å². The summed E-state index contributed by atoms with van der Waals surface area (Å²) < 4.78 is 1.69. The minimum Gasteiger partial charge on any atom is -0.368 e. The van der Waals surface area contributed by atoms with Crippen molar-refractivity contribution in [2.75, 3.05) is 23.7 Å². The van der Waals surface area contributed by atoms with E-state index in [0.717, 1.165) is 31.5 Å². The molecule has 0 amide bonds. The van der Waals surface area contributed by atoms with Gasteiger partial charge in [0.15, 0.2) is 17.0 Å². The van der Waals surface area contributed by atoms with Crippen LogP contribution in [0, 0.1) is 0 Å². The Kier molecular flexibility index (Phi) is 4.12. The monoisotopic (exact) mass is 373 g/mol. The van der Waals surface area contributed by atoms with Gasteiger partial charge in [-0.1, -0.05) is 22.9 Å². The molecule has 0 radical (unpaired) electrons. The quantitative estimate of drug-likeness (QED) is 0.656. The summed E-state index contributed by atoms with van der Waals surface area (Å²) in [5.41, 5.74) is 14.2. The lowest BCUT2D eigenvalue weighted by Crippen LogP contribution is -2.48. The molecule has 0 aliphatic carbocycles. The number of halogens is 1. The van der Waals surface area contributed by atoms with E-state index in [9.17, 15) is 0 Å². The van der Waals surface area contributed by atoms with E-state index in [1.165, 1.54) is 0 Å². The van der Waals surface area contributed by atoms with Crippen LogP contribution >= 0.6 is 11.6 Å². The molecular weight excluding hydrogens is 354 g/mol. The van der Waals surface area contributed by atoms with Crippen LogP contribution in [0.25, 0.3) is 11.2 Å². The van der Waals surface area contributed by atoms with Crippen molar-refractivity contribution in [2.24, 2.45) is 5.73 Å². The van der Waals surface area contributed by atoms with E-state index in [1.54, 1.807) is 16.9 Å². The van der Waals surface area contributed by atoms with E-state index in [0.29, 0.717) is 28.7 Å². The maximum absolute atomic E-state index is 6.23. The summed E-state index contributed by atoms with van der Waals surface area (Å²) >= 11 is 5.84. The number of pyridine rings is 1. The molecule has 0 bridgehead atoms. The third-order valence-corrected chi connectivity index (χ3v) is 4.91. The van der Waals surface area contributed by atoms with Crippen molar-refractivity contribution < 1.29 is 0 Å². The average Bonchev–Trinajstić information content (AvgIpc) is 2.99. The third kappa shape index (κ3) is 3.27. The fourth-order valence-corrected chi connectivity index (χ4v) is 3.20. The zero-order valence-corrected chi connectivity index (χ0v) is 15.2. The van der Waals surface area contributed by atoms with Crippen LogP contribution < -0.4 is 16.4 Å². The summed E-state index contributed by atoms with van der Waals surface area (Å²) in [6, 6.07) is 3.63. The fourth-order valence-electron chi connectivity index (χ4n) is 3.09. The lowest BCUT2D eigenvalue weighted by Gasteiger charge is -2.37. The number of nitrogen functional groups attached to an aromatic ring is 1. The highest BCUT2D eigenvalue weighted by Gasteiger charge is 2.28. The van der Waals surface area contributed by atoms with Crippen molar-refractivity contribution >= 4 is 34.5 Å². The summed E-state index contributed by atoms with van der Waals surface area (Å²) in [5.74, 6) is 0.912. The first-order valence-corrected chi connectivity index (χ1v) is 8.80. The number of aromatic nitrogens is 6. The molecule has 10 heteroatoms. The van der Waals surface area contributed by atoms with Crippen molar-refractivity contribution in [3.05, 3.63) is 29.0 Å². The molecule has 3 aromatic rings. The normalized spacial score (nSPS) is 17.0. The molecule has 3 aromatic heterocycles. The van der Waals surface area contributed by atoms with Crippen LogP contribution in [-0.4, -0.2) is 48.6 Å². The lowest BCUT2D eigenvalue weighted by atomic mass is 9.91. The predicted molar refractivity (Wildman–Crippen MR) is 99.9 cm³/mol. The van der Waals surface area contributed by atoms with Crippen LogP contribution in [0.3, 0.4) is 0 Å². The molecule has 1 saturated heterocycles. The molecule has 1 aliphatic heterocycles. The molecule has 26 heavy (non-hydrogen) atoms. The topological polar surface area (TPSA) is 125 Å². The van der Waals surface area contributed by atoms with Gasteiger partial charge in [0.2, 0.25) is 5.95 Å². The van der Waals surface area contributed by atoms with E-state index in [-0.39, 0.29) is 11.5 Å². The molecule has 0 spiro atoms. The van der Waals surface area contributed by atoms with Gasteiger partial charge in [0.05, 0.1) is 6.54 Å². The Morgan fingerprint density at radius 2 is 2.00 bits per heavy atom. The van der Waals surface area contributed by atoms with E-state index in [1.807, 2.05) is 6.07 Å². The highest BCUT2D eigenvalue weighted by atomic mass is 35.5. The molecule has 4 heterocycles. The summed E-state index contributed by atoms with van der Waals surface area (Å²) in [4.78, 5) is 15.0. The minimum absolute atomic E-state index is 0.145. The van der Waals surface area contributed by atoms with Gasteiger partial charge in [-0.15, -0.1) is 5.10 Å². The fraction of sp³-hybridized carbons (Fsp3) is 0.438. The smallest absolute Gasteiger partial charge is 0.224 e. The summed E-state index contributed by atoms with van der Waals surface area (Å²) in [6.07, 6.45) is 3.46. The molecule has 4 N–H and O–H groups in total. The standard InChI is InChI=1S/C16H20ClN9/c1-16(19)4-6-25(7-5-16)13-12-14(22-15(18)21-13)26(24-23-12)9-10-2-3-11(17)20-8-10/h2-3,8H,4-7,9,19H2,1H3,(H2,18,21,22). The van der Waals surface area contributed by atoms with Crippen LogP contribution in [0.2, 0.25) is 5.15 Å². The van der Waals surface area contributed by atoms with Crippen molar-refractivity contribution in [3.63, 3.8) is 0 Å². The lowest BCUT2D eigenvalue weighted by molar-refractivity contribution is 0.363. The van der Waals surface area contributed by atoms with Gasteiger partial charge >= 0.3 is 0 Å². The van der Waals surface area contributed by atoms with Gasteiger partial charge in [0.25, 0.3) is 0 Å². The Bertz CT molecular complexity index is 925. The van der Waals surface area contributed by atoms with Gasteiger partial charge in [-0.3, -0.25) is 0 Å². The van der Waals surface area contributed by atoms with Crippen LogP contribution in [0.5, 0.6) is 0 Å². The van der Waals surface area contributed by atoms with Gasteiger partial charge < -0.3 is 16.4 Å². The number of anilines is 2. The third-order valence-electron chi connectivity index (χ3n) is 4.69. The van der Waals surface area contributed by atoms with E-state index >= 15 is 0 Å². The Labute approximate surface area is 155 Å². The van der Waals surface area contributed by atoms with E-state index in [4.69, 9.17) is 23.1 Å². The van der Waals surface area contributed by atoms with Crippen molar-refractivity contribution in [1.82, 2.24) is 29.9 Å². The molecule has 0 aromatic carbocycles. The number of nitrogens with zero attached hydrogens (tertiary/aromatic N) is 7. The number of fused-ring (bicyclic) bond motifs is 1. The zero-order chi connectivity index (χ0) is 18.3. The van der Waals surface area contributed by atoms with E-state index < -0.39 is 0 Å². The van der Waals surface area contributed by atoms with Crippen LogP contribution in [-0.2, 0) is 6.54 Å². The Balaban J connectivity index is 1.68. The SMILES string of the molecule is CC1(N)CCN(c2nc(N)nc3c2nnn3Cc2ccc(Cl)nc2)CC1. The van der Waals surface area contributed by atoms with Crippen molar-refractivity contribution in [1.29, 1.82) is 0 Å². The van der Waals surface area contributed by atoms with Gasteiger partial charge in [-0.2, -0.15) is 9.97 Å². The van der Waals surface area contributed by atoms with Gasteiger partial charge in [0, 0.05) is 24.8 Å². The first kappa shape index (κ1) is 16.9. The number of hydrogen-bond donors (Lipinski definition) is 2. The Morgan fingerprint density at radius 1 is 1.23 bits per heavy atom. The second-order valence-electron chi connectivity index (χ2n) is 6.95. The number of rotatable bonds is 3. The van der Waals surface area contributed by atoms with Gasteiger partial charge in [-0.25, -0.2) is 9.67 Å². The minimum atomic E-state index is -0.145. The summed E-state index contributed by atoms with van der Waals surface area (Å²) in [7, 11) is 0. The second kappa shape index (κ2) is 6.33. The second-order valence-corrected chi connectivity index (χ2v) is 7.34. The first-order valence-electron chi connectivity index (χ1n) is 8.42. The zero-order valence-electron chi connectivity index (χ0n) is 14.4. The number of piperidine rings is 1. The highest BCUT2D eigenvalue weighted by molar-refractivity contribution is 6.29.